The van der Waals surface area contributed by atoms with Gasteiger partial charge in [-0.3, -0.25) is 0 Å². The van der Waals surface area contributed by atoms with Crippen LogP contribution >= 0.6 is 11.6 Å². The maximum atomic E-state index is 10.3. The molecule has 1 aliphatic carbocycles. The summed E-state index contributed by atoms with van der Waals surface area (Å²) < 4.78 is 1.68. The van der Waals surface area contributed by atoms with Gasteiger partial charge in [0.2, 0.25) is 0 Å². The van der Waals surface area contributed by atoms with Crippen molar-refractivity contribution in [3.05, 3.63) is 41.4 Å². The van der Waals surface area contributed by atoms with E-state index >= 15 is 0 Å². The number of benzene rings is 1. The lowest BCUT2D eigenvalue weighted by atomic mass is 10.00. The molecule has 6 heteroatoms. The molecule has 2 N–H and O–H groups in total. The van der Waals surface area contributed by atoms with Crippen LogP contribution in [0.3, 0.4) is 0 Å². The Morgan fingerprint density at radius 3 is 2.83 bits per heavy atom. The zero-order chi connectivity index (χ0) is 16.2. The van der Waals surface area contributed by atoms with Crippen molar-refractivity contribution in [2.45, 2.75) is 44.8 Å². The summed E-state index contributed by atoms with van der Waals surface area (Å²) in [5.74, 6) is 0.444. The van der Waals surface area contributed by atoms with E-state index in [1.165, 1.54) is 19.2 Å². The first-order valence-corrected chi connectivity index (χ1v) is 8.59. The number of aliphatic hydroxyl groups is 1. The molecule has 0 spiro atoms. The number of aromatic nitrogens is 3. The standard InChI is InChI=1S/C17H23ClN4O/c1-12(20-9-17(23)13-4-2-3-5-13)15-7-6-14(8-16(15)18)22-11-19-10-21-22/h6-8,10-13,17,20,23H,2-5,9H2,1H3. The number of aliphatic hydroxyl groups excluding tert-OH is 1. The predicted octanol–water partition coefficient (Wildman–Crippen LogP) is 3.12. The Morgan fingerprint density at radius 2 is 2.17 bits per heavy atom. The van der Waals surface area contributed by atoms with Gasteiger partial charge in [-0.2, -0.15) is 5.10 Å². The monoisotopic (exact) mass is 334 g/mol. The fourth-order valence-electron chi connectivity index (χ4n) is 3.27. The Kier molecular flexibility index (Phi) is 5.30. The minimum absolute atomic E-state index is 0.0864. The normalized spacial score (nSPS) is 18.2. The summed E-state index contributed by atoms with van der Waals surface area (Å²) in [5.41, 5.74) is 1.91. The Hall–Kier alpha value is -1.43. The van der Waals surface area contributed by atoms with E-state index in [0.717, 1.165) is 24.1 Å². The maximum Gasteiger partial charge on any atom is 0.138 e. The van der Waals surface area contributed by atoms with E-state index in [1.54, 1.807) is 11.0 Å². The smallest absolute Gasteiger partial charge is 0.138 e. The molecule has 23 heavy (non-hydrogen) atoms. The van der Waals surface area contributed by atoms with Crippen LogP contribution in [0.25, 0.3) is 5.69 Å². The summed E-state index contributed by atoms with van der Waals surface area (Å²) in [4.78, 5) is 3.94. The fourth-order valence-corrected chi connectivity index (χ4v) is 3.61. The van der Waals surface area contributed by atoms with Crippen LogP contribution in [0.1, 0.15) is 44.2 Å². The number of hydrogen-bond donors (Lipinski definition) is 2. The molecule has 0 radical (unpaired) electrons. The lowest BCUT2D eigenvalue weighted by Crippen LogP contribution is -2.33. The molecule has 1 aliphatic rings. The third-order valence-electron chi connectivity index (χ3n) is 4.71. The fraction of sp³-hybridized carbons (Fsp3) is 0.529. The highest BCUT2D eigenvalue weighted by atomic mass is 35.5. The first-order valence-electron chi connectivity index (χ1n) is 8.21. The molecule has 0 saturated heterocycles. The minimum Gasteiger partial charge on any atom is -0.392 e. The van der Waals surface area contributed by atoms with E-state index < -0.39 is 0 Å². The second-order valence-corrected chi connectivity index (χ2v) is 6.69. The van der Waals surface area contributed by atoms with E-state index in [-0.39, 0.29) is 12.1 Å². The average Bonchev–Trinajstić information content (AvgIpc) is 3.24. The largest absolute Gasteiger partial charge is 0.392 e. The molecular formula is C17H23ClN4O. The second-order valence-electron chi connectivity index (χ2n) is 6.29. The van der Waals surface area contributed by atoms with E-state index in [4.69, 9.17) is 11.6 Å². The summed E-state index contributed by atoms with van der Waals surface area (Å²) in [7, 11) is 0. The zero-order valence-corrected chi connectivity index (χ0v) is 14.1. The summed E-state index contributed by atoms with van der Waals surface area (Å²) in [6, 6.07) is 5.95. The second kappa shape index (κ2) is 7.43. The van der Waals surface area contributed by atoms with Gasteiger partial charge in [0.25, 0.3) is 0 Å². The van der Waals surface area contributed by atoms with Crippen molar-refractivity contribution >= 4 is 11.6 Å². The number of nitrogens with zero attached hydrogens (tertiary/aromatic N) is 3. The molecule has 2 atom stereocenters. The first kappa shape index (κ1) is 16.4. The third-order valence-corrected chi connectivity index (χ3v) is 5.04. The lowest BCUT2D eigenvalue weighted by Gasteiger charge is -2.22. The number of hydrogen-bond acceptors (Lipinski definition) is 4. The highest BCUT2D eigenvalue weighted by Gasteiger charge is 2.23. The highest BCUT2D eigenvalue weighted by molar-refractivity contribution is 6.31. The molecule has 1 aromatic carbocycles. The molecule has 0 amide bonds. The maximum absolute atomic E-state index is 10.3. The van der Waals surface area contributed by atoms with E-state index in [2.05, 4.69) is 22.3 Å². The lowest BCUT2D eigenvalue weighted by molar-refractivity contribution is 0.106. The Bertz CT molecular complexity index is 626. The van der Waals surface area contributed by atoms with Crippen molar-refractivity contribution in [2.75, 3.05) is 6.54 Å². The molecule has 1 heterocycles. The summed E-state index contributed by atoms with van der Waals surface area (Å²) >= 11 is 6.42. The van der Waals surface area contributed by atoms with Crippen LogP contribution in [0.4, 0.5) is 0 Å². The van der Waals surface area contributed by atoms with Crippen LogP contribution in [0.15, 0.2) is 30.9 Å². The summed E-state index contributed by atoms with van der Waals surface area (Å²) in [6.07, 6.45) is 7.64. The first-order chi connectivity index (χ1) is 11.1. The van der Waals surface area contributed by atoms with Gasteiger partial charge < -0.3 is 10.4 Å². The van der Waals surface area contributed by atoms with Gasteiger partial charge in [0.15, 0.2) is 0 Å². The zero-order valence-electron chi connectivity index (χ0n) is 13.3. The van der Waals surface area contributed by atoms with Gasteiger partial charge in [0.05, 0.1) is 11.8 Å². The molecule has 124 valence electrons. The third kappa shape index (κ3) is 3.91. The quantitative estimate of drug-likeness (QED) is 0.852. The number of rotatable bonds is 6. The van der Waals surface area contributed by atoms with Gasteiger partial charge in [-0.1, -0.05) is 30.5 Å². The Balaban J connectivity index is 1.61. The van der Waals surface area contributed by atoms with Crippen molar-refractivity contribution in [3.8, 4) is 5.69 Å². The Labute approximate surface area is 141 Å². The molecular weight excluding hydrogens is 312 g/mol. The van der Waals surface area contributed by atoms with Crippen molar-refractivity contribution in [3.63, 3.8) is 0 Å². The van der Waals surface area contributed by atoms with Crippen LogP contribution in [0, 0.1) is 5.92 Å². The van der Waals surface area contributed by atoms with E-state index in [9.17, 15) is 5.11 Å². The van der Waals surface area contributed by atoms with Gasteiger partial charge in [-0.25, -0.2) is 9.67 Å². The van der Waals surface area contributed by atoms with Crippen LogP contribution in [-0.4, -0.2) is 32.5 Å². The highest BCUT2D eigenvalue weighted by Crippen LogP contribution is 2.29. The summed E-state index contributed by atoms with van der Waals surface area (Å²) in [5, 5.41) is 18.5. The average molecular weight is 335 g/mol. The molecule has 1 aromatic heterocycles. The number of nitrogens with one attached hydrogen (secondary N) is 1. The van der Waals surface area contributed by atoms with Gasteiger partial charge in [0, 0.05) is 17.6 Å². The van der Waals surface area contributed by atoms with Crippen LogP contribution in [-0.2, 0) is 0 Å². The Morgan fingerprint density at radius 1 is 1.39 bits per heavy atom. The van der Waals surface area contributed by atoms with Gasteiger partial charge >= 0.3 is 0 Å². The molecule has 3 rings (SSSR count). The van der Waals surface area contributed by atoms with Crippen LogP contribution < -0.4 is 5.32 Å². The van der Waals surface area contributed by atoms with Gasteiger partial charge in [0.1, 0.15) is 12.7 Å². The molecule has 5 nitrogen and oxygen atoms in total. The summed E-state index contributed by atoms with van der Waals surface area (Å²) in [6.45, 7) is 2.67. The van der Waals surface area contributed by atoms with Crippen molar-refractivity contribution in [1.82, 2.24) is 20.1 Å². The van der Waals surface area contributed by atoms with Crippen molar-refractivity contribution in [2.24, 2.45) is 5.92 Å². The van der Waals surface area contributed by atoms with E-state index in [0.29, 0.717) is 17.5 Å². The van der Waals surface area contributed by atoms with Crippen LogP contribution in [0.5, 0.6) is 0 Å². The predicted molar refractivity (Wildman–Crippen MR) is 90.8 cm³/mol. The molecule has 0 bridgehead atoms. The molecule has 0 aliphatic heterocycles. The molecule has 2 unspecified atom stereocenters. The van der Waals surface area contributed by atoms with Crippen LogP contribution in [0.2, 0.25) is 5.02 Å². The van der Waals surface area contributed by atoms with Crippen molar-refractivity contribution < 1.29 is 5.11 Å². The molecule has 2 aromatic rings. The van der Waals surface area contributed by atoms with E-state index in [1.807, 2.05) is 18.2 Å². The number of halogens is 1. The minimum atomic E-state index is -0.270. The van der Waals surface area contributed by atoms with Crippen molar-refractivity contribution in [1.29, 1.82) is 0 Å². The molecule has 1 fully saturated rings. The molecule has 1 saturated carbocycles. The van der Waals surface area contributed by atoms with Gasteiger partial charge in [-0.05, 0) is 43.4 Å². The van der Waals surface area contributed by atoms with Gasteiger partial charge in [-0.15, -0.1) is 0 Å². The SMILES string of the molecule is CC(NCC(O)C1CCCC1)c1ccc(-n2cncn2)cc1Cl. The topological polar surface area (TPSA) is 63.0 Å².